The van der Waals surface area contributed by atoms with Gasteiger partial charge in [-0.05, 0) is 25.1 Å². The molecule has 0 saturated carbocycles. The van der Waals surface area contributed by atoms with E-state index in [9.17, 15) is 13.9 Å². The van der Waals surface area contributed by atoms with Crippen LogP contribution in [-0.2, 0) is 0 Å². The van der Waals surface area contributed by atoms with Crippen molar-refractivity contribution in [3.8, 4) is 5.75 Å². The fraction of sp³-hybridized carbons (Fsp3) is 0.333. The topological polar surface area (TPSA) is 32.3 Å². The number of benzene rings is 1. The number of aromatic hydroxyl groups is 1. The Morgan fingerprint density at radius 1 is 1.31 bits per heavy atom. The summed E-state index contributed by atoms with van der Waals surface area (Å²) in [5.74, 6) is -1.90. The smallest absolute Gasteiger partial charge is 0.165 e. The number of phenolic OH excluding ortho intramolecular Hbond substituents is 1. The second-order valence-corrected chi connectivity index (χ2v) is 3.09. The van der Waals surface area contributed by atoms with Gasteiger partial charge in [0.2, 0.25) is 0 Å². The molecule has 0 unspecified atom stereocenters. The lowest BCUT2D eigenvalue weighted by molar-refractivity contribution is 0.341. The van der Waals surface area contributed by atoms with Crippen LogP contribution in [0.25, 0.3) is 0 Å². The second kappa shape index (κ2) is 2.96. The summed E-state index contributed by atoms with van der Waals surface area (Å²) in [6.07, 6.45) is 0.730. The van der Waals surface area contributed by atoms with Crippen LogP contribution in [0.2, 0.25) is 0 Å². The maximum atomic E-state index is 13.1. The molecule has 1 atom stereocenters. The fourth-order valence-corrected chi connectivity index (χ4v) is 1.42. The maximum Gasteiger partial charge on any atom is 0.165 e. The molecule has 0 bridgehead atoms. The van der Waals surface area contributed by atoms with Crippen LogP contribution in [0.5, 0.6) is 5.75 Å². The minimum Gasteiger partial charge on any atom is -0.505 e. The fourth-order valence-electron chi connectivity index (χ4n) is 1.42. The monoisotopic (exact) mass is 185 g/mol. The summed E-state index contributed by atoms with van der Waals surface area (Å²) in [6.45, 7) is 0.778. The van der Waals surface area contributed by atoms with Gasteiger partial charge in [-0.1, -0.05) is 0 Å². The largest absolute Gasteiger partial charge is 0.505 e. The van der Waals surface area contributed by atoms with E-state index in [0.29, 0.717) is 0 Å². The van der Waals surface area contributed by atoms with Crippen molar-refractivity contribution in [2.24, 2.45) is 0 Å². The number of phenols is 1. The minimum atomic E-state index is -0.773. The molecule has 1 aromatic carbocycles. The Balaban J connectivity index is 2.46. The molecule has 4 heteroatoms. The number of hydrogen-bond donors (Lipinski definition) is 2. The molecule has 1 aromatic rings. The normalized spacial score (nSPS) is 21.2. The zero-order valence-electron chi connectivity index (χ0n) is 6.85. The van der Waals surface area contributed by atoms with E-state index in [0.717, 1.165) is 25.1 Å². The highest BCUT2D eigenvalue weighted by Crippen LogP contribution is 2.34. The van der Waals surface area contributed by atoms with Crippen molar-refractivity contribution in [1.29, 1.82) is 0 Å². The first-order valence-electron chi connectivity index (χ1n) is 4.10. The third-order valence-electron chi connectivity index (χ3n) is 2.29. The molecule has 1 saturated heterocycles. The molecule has 13 heavy (non-hydrogen) atoms. The molecule has 2 N–H and O–H groups in total. The van der Waals surface area contributed by atoms with Gasteiger partial charge in [0, 0.05) is 11.6 Å². The Morgan fingerprint density at radius 3 is 2.46 bits per heavy atom. The molecule has 1 heterocycles. The molecule has 1 fully saturated rings. The highest BCUT2D eigenvalue weighted by Gasteiger charge is 2.26. The highest BCUT2D eigenvalue weighted by molar-refractivity contribution is 5.38. The summed E-state index contributed by atoms with van der Waals surface area (Å²) < 4.78 is 26.0. The predicted octanol–water partition coefficient (Wildman–Crippen LogP) is 1.70. The SMILES string of the molecule is Oc1c(F)ccc(F)c1[C@@H]1CCN1. The molecule has 0 radical (unpaired) electrons. The van der Waals surface area contributed by atoms with E-state index in [-0.39, 0.29) is 11.6 Å². The van der Waals surface area contributed by atoms with Crippen molar-refractivity contribution in [3.05, 3.63) is 29.3 Å². The number of hydrogen-bond acceptors (Lipinski definition) is 2. The van der Waals surface area contributed by atoms with Gasteiger partial charge in [0.05, 0.1) is 0 Å². The summed E-state index contributed by atoms with van der Waals surface area (Å²) >= 11 is 0. The summed E-state index contributed by atoms with van der Waals surface area (Å²) in [6, 6.07) is 1.72. The minimum absolute atomic E-state index is 0.0475. The summed E-state index contributed by atoms with van der Waals surface area (Å²) in [4.78, 5) is 0. The zero-order chi connectivity index (χ0) is 9.42. The molecule has 2 rings (SSSR count). The molecule has 1 aliphatic heterocycles. The summed E-state index contributed by atoms with van der Waals surface area (Å²) in [7, 11) is 0. The van der Waals surface area contributed by atoms with E-state index >= 15 is 0 Å². The second-order valence-electron chi connectivity index (χ2n) is 3.09. The van der Waals surface area contributed by atoms with E-state index in [4.69, 9.17) is 0 Å². The van der Waals surface area contributed by atoms with Gasteiger partial charge in [0.25, 0.3) is 0 Å². The number of halogens is 2. The first kappa shape index (κ1) is 8.44. The molecular formula is C9H9F2NO. The van der Waals surface area contributed by atoms with Crippen LogP contribution in [0, 0.1) is 11.6 Å². The molecule has 0 spiro atoms. The Morgan fingerprint density at radius 2 is 1.92 bits per heavy atom. The lowest BCUT2D eigenvalue weighted by atomic mass is 9.96. The van der Waals surface area contributed by atoms with Crippen molar-refractivity contribution in [1.82, 2.24) is 5.32 Å². The van der Waals surface area contributed by atoms with Crippen molar-refractivity contribution in [2.45, 2.75) is 12.5 Å². The van der Waals surface area contributed by atoms with E-state index in [1.165, 1.54) is 0 Å². The van der Waals surface area contributed by atoms with Crippen LogP contribution in [0.3, 0.4) is 0 Å². The standard InChI is InChI=1S/C9H9F2NO/c10-5-1-2-6(11)9(13)8(5)7-3-4-12-7/h1-2,7,12-13H,3-4H2/t7-/m0/s1. The third-order valence-corrected chi connectivity index (χ3v) is 2.29. The van der Waals surface area contributed by atoms with Gasteiger partial charge in [-0.25, -0.2) is 8.78 Å². The quantitative estimate of drug-likeness (QED) is 0.698. The van der Waals surface area contributed by atoms with Gasteiger partial charge in [-0.2, -0.15) is 0 Å². The van der Waals surface area contributed by atoms with Gasteiger partial charge in [-0.15, -0.1) is 0 Å². The van der Waals surface area contributed by atoms with E-state index in [1.54, 1.807) is 0 Å². The van der Waals surface area contributed by atoms with E-state index in [1.807, 2.05) is 0 Å². The first-order valence-corrected chi connectivity index (χ1v) is 4.10. The number of rotatable bonds is 1. The highest BCUT2D eigenvalue weighted by atomic mass is 19.1. The van der Waals surface area contributed by atoms with Crippen LogP contribution in [0.1, 0.15) is 18.0 Å². The van der Waals surface area contributed by atoms with Crippen molar-refractivity contribution < 1.29 is 13.9 Å². The Labute approximate surface area is 74.2 Å². The zero-order valence-corrected chi connectivity index (χ0v) is 6.85. The van der Waals surface area contributed by atoms with Crippen LogP contribution in [0.15, 0.2) is 12.1 Å². The third kappa shape index (κ3) is 1.27. The molecule has 1 aliphatic rings. The molecular weight excluding hydrogens is 176 g/mol. The van der Waals surface area contributed by atoms with Gasteiger partial charge in [0.1, 0.15) is 5.82 Å². The van der Waals surface area contributed by atoms with Gasteiger partial charge in [0.15, 0.2) is 11.6 Å². The summed E-state index contributed by atoms with van der Waals surface area (Å²) in [5, 5.41) is 12.2. The van der Waals surface area contributed by atoms with Gasteiger partial charge < -0.3 is 10.4 Å². The van der Waals surface area contributed by atoms with Crippen LogP contribution in [0.4, 0.5) is 8.78 Å². The molecule has 70 valence electrons. The Kier molecular flexibility index (Phi) is 1.92. The summed E-state index contributed by atoms with van der Waals surface area (Å²) in [5.41, 5.74) is 0.0475. The van der Waals surface area contributed by atoms with E-state index in [2.05, 4.69) is 5.32 Å². The average Bonchev–Trinajstić information content (AvgIpc) is 2.02. The van der Waals surface area contributed by atoms with E-state index < -0.39 is 17.4 Å². The van der Waals surface area contributed by atoms with Crippen molar-refractivity contribution in [3.63, 3.8) is 0 Å². The average molecular weight is 185 g/mol. The van der Waals surface area contributed by atoms with Crippen molar-refractivity contribution >= 4 is 0 Å². The molecule has 0 amide bonds. The maximum absolute atomic E-state index is 13.1. The van der Waals surface area contributed by atoms with Gasteiger partial charge in [-0.3, -0.25) is 0 Å². The molecule has 0 aliphatic carbocycles. The van der Waals surface area contributed by atoms with Crippen LogP contribution >= 0.6 is 0 Å². The molecule has 0 aromatic heterocycles. The first-order chi connectivity index (χ1) is 6.20. The Bertz CT molecular complexity index is 337. The predicted molar refractivity (Wildman–Crippen MR) is 43.4 cm³/mol. The van der Waals surface area contributed by atoms with Gasteiger partial charge >= 0.3 is 0 Å². The lowest BCUT2D eigenvalue weighted by Gasteiger charge is -2.28. The van der Waals surface area contributed by atoms with Crippen LogP contribution < -0.4 is 5.32 Å². The van der Waals surface area contributed by atoms with Crippen LogP contribution in [-0.4, -0.2) is 11.7 Å². The van der Waals surface area contributed by atoms with Crippen molar-refractivity contribution in [2.75, 3.05) is 6.54 Å². The Hall–Kier alpha value is -1.16. The number of nitrogens with one attached hydrogen (secondary N) is 1. The lowest BCUT2D eigenvalue weighted by Crippen LogP contribution is -2.35. The molecule has 2 nitrogen and oxygen atoms in total.